The van der Waals surface area contributed by atoms with Crippen molar-refractivity contribution in [3.8, 4) is 0 Å². The Labute approximate surface area is 100 Å². The van der Waals surface area contributed by atoms with Gasteiger partial charge in [0.05, 0.1) is 11.5 Å². The molecule has 0 fully saturated rings. The number of allylic oxidation sites excluding steroid dienone is 3. The van der Waals surface area contributed by atoms with E-state index in [1.165, 1.54) is 0 Å². The van der Waals surface area contributed by atoms with Crippen LogP contribution >= 0.6 is 0 Å². The van der Waals surface area contributed by atoms with Crippen molar-refractivity contribution < 1.29 is 9.90 Å². The Morgan fingerprint density at radius 3 is 2.65 bits per heavy atom. The van der Waals surface area contributed by atoms with Gasteiger partial charge in [0, 0.05) is 5.57 Å². The molecular formula is C15H14O2. The van der Waals surface area contributed by atoms with Crippen molar-refractivity contribution >= 4 is 11.4 Å². The van der Waals surface area contributed by atoms with E-state index in [1.54, 1.807) is 0 Å². The first kappa shape index (κ1) is 10.3. The highest BCUT2D eigenvalue weighted by Crippen LogP contribution is 2.42. The number of Topliss-reactive ketones (excluding diaryl/α,β-unsaturated/α-hetero) is 1. The Morgan fingerprint density at radius 1 is 1.18 bits per heavy atom. The lowest BCUT2D eigenvalue weighted by atomic mass is 9.88. The quantitative estimate of drug-likeness (QED) is 0.798. The van der Waals surface area contributed by atoms with E-state index in [1.807, 2.05) is 36.4 Å². The van der Waals surface area contributed by atoms with Crippen LogP contribution in [0.25, 0.3) is 5.57 Å². The van der Waals surface area contributed by atoms with Crippen LogP contribution in [0.1, 0.15) is 24.8 Å². The van der Waals surface area contributed by atoms with E-state index >= 15 is 0 Å². The molecule has 2 nitrogen and oxygen atoms in total. The van der Waals surface area contributed by atoms with Gasteiger partial charge in [-0.15, -0.1) is 0 Å². The highest BCUT2D eigenvalue weighted by Gasteiger charge is 2.38. The van der Waals surface area contributed by atoms with Crippen LogP contribution in [0.5, 0.6) is 0 Å². The maximum absolute atomic E-state index is 12.3. The van der Waals surface area contributed by atoms with Crippen molar-refractivity contribution in [3.05, 3.63) is 53.3 Å². The second-order valence-electron chi connectivity index (χ2n) is 4.60. The third-order valence-electron chi connectivity index (χ3n) is 3.57. The van der Waals surface area contributed by atoms with Crippen molar-refractivity contribution in [1.29, 1.82) is 0 Å². The molecule has 0 saturated heterocycles. The third kappa shape index (κ3) is 1.52. The number of rotatable bonds is 1. The molecule has 0 spiro atoms. The van der Waals surface area contributed by atoms with Crippen LogP contribution < -0.4 is 0 Å². The summed E-state index contributed by atoms with van der Waals surface area (Å²) < 4.78 is 0. The lowest BCUT2D eigenvalue weighted by Gasteiger charge is -2.15. The molecule has 86 valence electrons. The molecule has 17 heavy (non-hydrogen) atoms. The second kappa shape index (κ2) is 3.88. The normalized spacial score (nSPS) is 23.6. The minimum Gasteiger partial charge on any atom is -0.507 e. The first-order valence-corrected chi connectivity index (χ1v) is 6.02. The van der Waals surface area contributed by atoms with Crippen LogP contribution in [0.15, 0.2) is 47.7 Å². The van der Waals surface area contributed by atoms with Crippen LogP contribution in [0.2, 0.25) is 0 Å². The monoisotopic (exact) mass is 226 g/mol. The molecule has 1 atom stereocenters. The molecule has 0 radical (unpaired) electrons. The van der Waals surface area contributed by atoms with Crippen LogP contribution in [0.3, 0.4) is 0 Å². The number of hydrogen-bond donors (Lipinski definition) is 1. The third-order valence-corrected chi connectivity index (χ3v) is 3.57. The van der Waals surface area contributed by atoms with Gasteiger partial charge in [0.25, 0.3) is 0 Å². The fourth-order valence-electron chi connectivity index (χ4n) is 2.73. The summed E-state index contributed by atoms with van der Waals surface area (Å²) in [7, 11) is 0. The van der Waals surface area contributed by atoms with Crippen molar-refractivity contribution in [2.24, 2.45) is 5.92 Å². The summed E-state index contributed by atoms with van der Waals surface area (Å²) in [6.45, 7) is 0. The molecule has 1 aromatic carbocycles. The molecule has 1 N–H and O–H groups in total. The number of hydrogen-bond acceptors (Lipinski definition) is 2. The molecular weight excluding hydrogens is 212 g/mol. The van der Waals surface area contributed by atoms with Crippen LogP contribution in [-0.4, -0.2) is 10.9 Å². The highest BCUT2D eigenvalue weighted by molar-refractivity contribution is 6.27. The Kier molecular flexibility index (Phi) is 2.36. The van der Waals surface area contributed by atoms with Gasteiger partial charge in [0.2, 0.25) is 0 Å². The summed E-state index contributed by atoms with van der Waals surface area (Å²) in [4.78, 5) is 12.3. The van der Waals surface area contributed by atoms with E-state index in [4.69, 9.17) is 0 Å². The molecule has 0 bridgehead atoms. The van der Waals surface area contributed by atoms with Gasteiger partial charge < -0.3 is 5.11 Å². The number of benzene rings is 1. The summed E-state index contributed by atoms with van der Waals surface area (Å²) in [5.74, 6) is 0.185. The van der Waals surface area contributed by atoms with Gasteiger partial charge in [-0.2, -0.15) is 0 Å². The van der Waals surface area contributed by atoms with E-state index in [-0.39, 0.29) is 17.5 Å². The predicted octanol–water partition coefficient (Wildman–Crippen LogP) is 3.26. The Balaban J connectivity index is 2.11. The second-order valence-corrected chi connectivity index (χ2v) is 4.60. The van der Waals surface area contributed by atoms with Gasteiger partial charge in [-0.25, -0.2) is 0 Å². The topological polar surface area (TPSA) is 37.3 Å². The zero-order chi connectivity index (χ0) is 11.8. The highest BCUT2D eigenvalue weighted by atomic mass is 16.3. The molecule has 2 aliphatic carbocycles. The number of carbonyl (C=O) groups excluding carboxylic acids is 1. The van der Waals surface area contributed by atoms with Crippen molar-refractivity contribution in [1.82, 2.24) is 0 Å². The first-order chi connectivity index (χ1) is 8.29. The number of ketones is 1. The number of carbonyl (C=O) groups is 1. The van der Waals surface area contributed by atoms with Crippen molar-refractivity contribution in [3.63, 3.8) is 0 Å². The average Bonchev–Trinajstić information content (AvgIpc) is 2.64. The lowest BCUT2D eigenvalue weighted by Crippen LogP contribution is -2.13. The smallest absolute Gasteiger partial charge is 0.174 e. The van der Waals surface area contributed by atoms with Crippen molar-refractivity contribution in [2.45, 2.75) is 19.3 Å². The van der Waals surface area contributed by atoms with Gasteiger partial charge in [-0.05, 0) is 24.8 Å². The minimum absolute atomic E-state index is 0.0830. The number of aliphatic hydroxyl groups is 1. The molecule has 0 saturated carbocycles. The van der Waals surface area contributed by atoms with Gasteiger partial charge >= 0.3 is 0 Å². The molecule has 2 heteroatoms. The van der Waals surface area contributed by atoms with Gasteiger partial charge in [-0.1, -0.05) is 36.4 Å². The lowest BCUT2D eigenvalue weighted by molar-refractivity contribution is -0.116. The predicted molar refractivity (Wildman–Crippen MR) is 66.4 cm³/mol. The summed E-state index contributed by atoms with van der Waals surface area (Å²) in [5, 5.41) is 10.2. The molecule has 1 unspecified atom stereocenters. The number of aliphatic hydroxyl groups excluding tert-OH is 1. The Bertz CT molecular complexity index is 523. The zero-order valence-electron chi connectivity index (χ0n) is 9.52. The van der Waals surface area contributed by atoms with E-state index in [2.05, 4.69) is 0 Å². The summed E-state index contributed by atoms with van der Waals surface area (Å²) in [6, 6.07) is 9.44. The molecule has 0 aromatic heterocycles. The van der Waals surface area contributed by atoms with Crippen LogP contribution in [0, 0.1) is 5.92 Å². The molecule has 0 amide bonds. The molecule has 0 heterocycles. The molecule has 0 aliphatic heterocycles. The van der Waals surface area contributed by atoms with Crippen LogP contribution in [0.4, 0.5) is 0 Å². The first-order valence-electron chi connectivity index (χ1n) is 6.02. The van der Waals surface area contributed by atoms with Gasteiger partial charge in [0.1, 0.15) is 5.76 Å². The van der Waals surface area contributed by atoms with E-state index in [0.717, 1.165) is 30.4 Å². The summed E-state index contributed by atoms with van der Waals surface area (Å²) >= 11 is 0. The van der Waals surface area contributed by atoms with Gasteiger partial charge in [0.15, 0.2) is 5.78 Å². The average molecular weight is 226 g/mol. The van der Waals surface area contributed by atoms with E-state index < -0.39 is 0 Å². The summed E-state index contributed by atoms with van der Waals surface area (Å²) in [5.41, 5.74) is 2.18. The maximum Gasteiger partial charge on any atom is 0.174 e. The Morgan fingerprint density at radius 2 is 1.94 bits per heavy atom. The van der Waals surface area contributed by atoms with E-state index in [9.17, 15) is 9.90 Å². The fourth-order valence-corrected chi connectivity index (χ4v) is 2.73. The largest absolute Gasteiger partial charge is 0.507 e. The van der Waals surface area contributed by atoms with Gasteiger partial charge in [-0.3, -0.25) is 4.79 Å². The molecule has 1 aromatic rings. The fraction of sp³-hybridized carbons (Fsp3) is 0.267. The Hall–Kier alpha value is -1.83. The van der Waals surface area contributed by atoms with E-state index in [0.29, 0.717) is 5.57 Å². The maximum atomic E-state index is 12.3. The molecule has 3 rings (SSSR count). The van der Waals surface area contributed by atoms with Crippen molar-refractivity contribution in [2.75, 3.05) is 0 Å². The zero-order valence-corrected chi connectivity index (χ0v) is 9.52. The SMILES string of the molecule is O=C1C(c2ccccc2)=C(O)C2=CCCCC12. The molecule has 2 aliphatic rings. The standard InChI is InChI=1S/C15H14O2/c16-14-11-8-4-5-9-12(11)15(17)13(14)10-6-2-1-3-7-10/h1-3,6-8,12,16H,4-5,9H2. The van der Waals surface area contributed by atoms with Crippen LogP contribution in [-0.2, 0) is 4.79 Å². The number of fused-ring (bicyclic) bond motifs is 1. The minimum atomic E-state index is -0.0982. The summed E-state index contributed by atoms with van der Waals surface area (Å²) in [6.07, 6.45) is 4.88.